The summed E-state index contributed by atoms with van der Waals surface area (Å²) in [6, 6.07) is 8.40. The highest BCUT2D eigenvalue weighted by Gasteiger charge is 2.38. The number of rotatable bonds is 2. The van der Waals surface area contributed by atoms with Gasteiger partial charge in [0.2, 0.25) is 0 Å². The molecule has 1 saturated heterocycles. The van der Waals surface area contributed by atoms with Crippen LogP contribution in [0.1, 0.15) is 63.0 Å². The lowest BCUT2D eigenvalue weighted by molar-refractivity contribution is -0.147. The summed E-state index contributed by atoms with van der Waals surface area (Å²) in [6.45, 7) is 0. The molecule has 0 N–H and O–H groups in total. The van der Waals surface area contributed by atoms with E-state index in [1.54, 1.807) is 7.11 Å². The van der Waals surface area contributed by atoms with E-state index >= 15 is 0 Å². The summed E-state index contributed by atoms with van der Waals surface area (Å²) < 4.78 is 11.8. The third-order valence-corrected chi connectivity index (χ3v) is 4.74. The van der Waals surface area contributed by atoms with E-state index in [9.17, 15) is 0 Å². The molecular weight excluding hydrogens is 236 g/mol. The van der Waals surface area contributed by atoms with Gasteiger partial charge in [-0.2, -0.15) is 0 Å². The van der Waals surface area contributed by atoms with Crippen molar-refractivity contribution in [3.8, 4) is 5.75 Å². The average molecular weight is 260 g/mol. The highest BCUT2D eigenvalue weighted by Crippen LogP contribution is 2.44. The van der Waals surface area contributed by atoms with Gasteiger partial charge in [-0.05, 0) is 49.8 Å². The van der Waals surface area contributed by atoms with Crippen molar-refractivity contribution in [1.29, 1.82) is 0 Å². The second-order valence-corrected chi connectivity index (χ2v) is 6.02. The standard InChI is InChI=1S/C17H24O2/c1-18-15-9-7-14(8-10-15)16-6-5-13-17(19-16)11-3-2-4-12-17/h7-10,16H,2-6,11-13H2,1H3. The summed E-state index contributed by atoms with van der Waals surface area (Å²) in [5, 5.41) is 0. The van der Waals surface area contributed by atoms with Gasteiger partial charge in [0.15, 0.2) is 0 Å². The third-order valence-electron chi connectivity index (χ3n) is 4.74. The molecule has 2 fully saturated rings. The Morgan fingerprint density at radius 1 is 1.00 bits per heavy atom. The van der Waals surface area contributed by atoms with Crippen LogP contribution in [0.5, 0.6) is 5.75 Å². The van der Waals surface area contributed by atoms with Crippen LogP contribution >= 0.6 is 0 Å². The maximum Gasteiger partial charge on any atom is 0.118 e. The first-order valence-corrected chi connectivity index (χ1v) is 7.63. The van der Waals surface area contributed by atoms with Crippen molar-refractivity contribution in [2.45, 2.75) is 63.1 Å². The van der Waals surface area contributed by atoms with Crippen LogP contribution in [0, 0.1) is 0 Å². The van der Waals surface area contributed by atoms with E-state index in [0.717, 1.165) is 12.2 Å². The quantitative estimate of drug-likeness (QED) is 0.771. The van der Waals surface area contributed by atoms with Crippen LogP contribution in [-0.2, 0) is 4.74 Å². The Morgan fingerprint density at radius 2 is 1.68 bits per heavy atom. The number of hydrogen-bond donors (Lipinski definition) is 0. The van der Waals surface area contributed by atoms with E-state index in [4.69, 9.17) is 9.47 Å². The van der Waals surface area contributed by atoms with Crippen LogP contribution in [0.2, 0.25) is 0 Å². The lowest BCUT2D eigenvalue weighted by atomic mass is 9.78. The van der Waals surface area contributed by atoms with Crippen LogP contribution in [0.15, 0.2) is 24.3 Å². The molecule has 2 aliphatic rings. The smallest absolute Gasteiger partial charge is 0.118 e. The first-order valence-electron chi connectivity index (χ1n) is 7.63. The number of benzene rings is 1. The van der Waals surface area contributed by atoms with Gasteiger partial charge in [0, 0.05) is 0 Å². The lowest BCUT2D eigenvalue weighted by Crippen LogP contribution is -2.39. The molecule has 1 aliphatic heterocycles. The van der Waals surface area contributed by atoms with Crippen LogP contribution in [-0.4, -0.2) is 12.7 Å². The van der Waals surface area contributed by atoms with Crippen molar-refractivity contribution in [3.05, 3.63) is 29.8 Å². The van der Waals surface area contributed by atoms with Crippen molar-refractivity contribution >= 4 is 0 Å². The molecule has 1 aromatic rings. The van der Waals surface area contributed by atoms with Crippen LogP contribution in [0.3, 0.4) is 0 Å². The third kappa shape index (κ3) is 2.79. The summed E-state index contributed by atoms with van der Waals surface area (Å²) in [7, 11) is 1.71. The highest BCUT2D eigenvalue weighted by atomic mass is 16.5. The van der Waals surface area contributed by atoms with Gasteiger partial charge < -0.3 is 9.47 Å². The molecule has 2 heteroatoms. The van der Waals surface area contributed by atoms with E-state index in [-0.39, 0.29) is 11.7 Å². The summed E-state index contributed by atoms with van der Waals surface area (Å²) in [5.74, 6) is 0.923. The Bertz CT molecular complexity index is 398. The minimum atomic E-state index is 0.196. The Kier molecular flexibility index (Phi) is 3.79. The SMILES string of the molecule is COc1ccc(C2CCCC3(CCCCC3)O2)cc1. The molecule has 2 nitrogen and oxygen atoms in total. The van der Waals surface area contributed by atoms with Gasteiger partial charge in [-0.15, -0.1) is 0 Å². The van der Waals surface area contributed by atoms with Gasteiger partial charge in [-0.1, -0.05) is 31.4 Å². The maximum absolute atomic E-state index is 6.53. The molecule has 1 unspecified atom stereocenters. The summed E-state index contributed by atoms with van der Waals surface area (Å²) >= 11 is 0. The summed E-state index contributed by atoms with van der Waals surface area (Å²) in [4.78, 5) is 0. The van der Waals surface area contributed by atoms with Crippen LogP contribution in [0.4, 0.5) is 0 Å². The zero-order valence-corrected chi connectivity index (χ0v) is 11.9. The van der Waals surface area contributed by atoms with Gasteiger partial charge in [0.1, 0.15) is 5.75 Å². The summed E-state index contributed by atoms with van der Waals surface area (Å²) in [5.41, 5.74) is 1.51. The second-order valence-electron chi connectivity index (χ2n) is 6.02. The molecule has 1 heterocycles. The first-order chi connectivity index (χ1) is 9.31. The fraction of sp³-hybridized carbons (Fsp3) is 0.647. The molecule has 0 amide bonds. The van der Waals surface area contributed by atoms with E-state index in [1.807, 2.05) is 12.1 Å². The van der Waals surface area contributed by atoms with Crippen molar-refractivity contribution in [3.63, 3.8) is 0 Å². The maximum atomic E-state index is 6.53. The highest BCUT2D eigenvalue weighted by molar-refractivity contribution is 5.28. The first kappa shape index (κ1) is 13.0. The van der Waals surface area contributed by atoms with E-state index in [2.05, 4.69) is 12.1 Å². The van der Waals surface area contributed by atoms with Crippen LogP contribution in [0.25, 0.3) is 0 Å². The monoisotopic (exact) mass is 260 g/mol. The Balaban J connectivity index is 1.73. The molecule has 0 aromatic heterocycles. The van der Waals surface area contributed by atoms with Crippen molar-refractivity contribution < 1.29 is 9.47 Å². The zero-order valence-electron chi connectivity index (χ0n) is 11.9. The van der Waals surface area contributed by atoms with E-state index in [1.165, 1.54) is 50.5 Å². The predicted molar refractivity (Wildman–Crippen MR) is 76.5 cm³/mol. The minimum Gasteiger partial charge on any atom is -0.497 e. The Morgan fingerprint density at radius 3 is 2.37 bits per heavy atom. The number of hydrogen-bond acceptors (Lipinski definition) is 2. The molecular formula is C17H24O2. The lowest BCUT2D eigenvalue weighted by Gasteiger charge is -2.44. The second kappa shape index (κ2) is 5.54. The number of methoxy groups -OCH3 is 1. The molecule has 104 valence electrons. The van der Waals surface area contributed by atoms with E-state index in [0.29, 0.717) is 0 Å². The predicted octanol–water partition coefficient (Wildman–Crippen LogP) is 4.64. The molecule has 3 rings (SSSR count). The normalized spacial score (nSPS) is 26.3. The topological polar surface area (TPSA) is 18.5 Å². The largest absolute Gasteiger partial charge is 0.497 e. The molecule has 0 radical (unpaired) electrons. The summed E-state index contributed by atoms with van der Waals surface area (Å²) in [6.07, 6.45) is 10.6. The van der Waals surface area contributed by atoms with E-state index < -0.39 is 0 Å². The molecule has 1 saturated carbocycles. The molecule has 1 atom stereocenters. The molecule has 0 bridgehead atoms. The minimum absolute atomic E-state index is 0.196. The number of ether oxygens (including phenoxy) is 2. The van der Waals surface area contributed by atoms with Gasteiger partial charge in [0.05, 0.1) is 18.8 Å². The van der Waals surface area contributed by atoms with Gasteiger partial charge in [-0.3, -0.25) is 0 Å². The molecule has 1 aromatic carbocycles. The fourth-order valence-corrected chi connectivity index (χ4v) is 3.65. The van der Waals surface area contributed by atoms with Gasteiger partial charge in [0.25, 0.3) is 0 Å². The Labute approximate surface area is 116 Å². The van der Waals surface area contributed by atoms with Crippen molar-refractivity contribution in [2.24, 2.45) is 0 Å². The zero-order chi connectivity index (χ0) is 13.1. The van der Waals surface area contributed by atoms with Crippen molar-refractivity contribution in [1.82, 2.24) is 0 Å². The molecule has 19 heavy (non-hydrogen) atoms. The Hall–Kier alpha value is -1.02. The van der Waals surface area contributed by atoms with Crippen LogP contribution < -0.4 is 4.74 Å². The van der Waals surface area contributed by atoms with Gasteiger partial charge in [-0.25, -0.2) is 0 Å². The van der Waals surface area contributed by atoms with Crippen molar-refractivity contribution in [2.75, 3.05) is 7.11 Å². The molecule has 1 aliphatic carbocycles. The average Bonchev–Trinajstić information content (AvgIpc) is 2.48. The molecule has 1 spiro atoms. The van der Waals surface area contributed by atoms with Gasteiger partial charge >= 0.3 is 0 Å². The fourth-order valence-electron chi connectivity index (χ4n) is 3.65.